The predicted octanol–water partition coefficient (Wildman–Crippen LogP) is 0.960. The van der Waals surface area contributed by atoms with E-state index in [1.165, 1.54) is 12.5 Å². The molecule has 0 aromatic carbocycles. The molecular weight excluding hydrogens is 284 g/mol. The minimum absolute atomic E-state index is 0.0440. The first kappa shape index (κ1) is 14.2. The molecule has 0 aliphatic heterocycles. The number of nitrogens with zero attached hydrogens (tertiary/aromatic N) is 3. The molecule has 0 spiro atoms. The lowest BCUT2D eigenvalue weighted by Crippen LogP contribution is -2.26. The van der Waals surface area contributed by atoms with E-state index in [1.807, 2.05) is 12.3 Å². The molecule has 0 aliphatic carbocycles. The molecule has 2 heterocycles. The Balaban J connectivity index is 1.91. The van der Waals surface area contributed by atoms with Crippen LogP contribution in [0.15, 0.2) is 22.9 Å². The van der Waals surface area contributed by atoms with Gasteiger partial charge >= 0.3 is 0 Å². The molecule has 104 valence electrons. The van der Waals surface area contributed by atoms with Crippen molar-refractivity contribution in [1.29, 1.82) is 0 Å². The topological polar surface area (TPSA) is 76.9 Å². The zero-order chi connectivity index (χ0) is 13.9. The van der Waals surface area contributed by atoms with Gasteiger partial charge in [-0.05, 0) is 6.42 Å². The van der Waals surface area contributed by atoms with Crippen LogP contribution in [0, 0.1) is 0 Å². The minimum Gasteiger partial charge on any atom is -0.339 e. The molecule has 0 amide bonds. The second-order valence-corrected chi connectivity index (χ2v) is 6.77. The SMILES string of the molecule is CCc1nc(CCNS(=O)(=O)c2cn(C)cn2)cs1. The molecule has 0 unspecified atom stereocenters. The third kappa shape index (κ3) is 3.62. The first-order chi connectivity index (χ1) is 9.01. The van der Waals surface area contributed by atoms with Crippen LogP contribution in [0.25, 0.3) is 0 Å². The summed E-state index contributed by atoms with van der Waals surface area (Å²) in [6, 6.07) is 0. The first-order valence-corrected chi connectivity index (χ1v) is 8.28. The second kappa shape index (κ2) is 5.81. The van der Waals surface area contributed by atoms with Gasteiger partial charge in [0.2, 0.25) is 0 Å². The summed E-state index contributed by atoms with van der Waals surface area (Å²) in [7, 11) is -1.78. The third-order valence-electron chi connectivity index (χ3n) is 2.53. The van der Waals surface area contributed by atoms with Crippen LogP contribution in [0.5, 0.6) is 0 Å². The van der Waals surface area contributed by atoms with Crippen molar-refractivity contribution in [1.82, 2.24) is 19.3 Å². The van der Waals surface area contributed by atoms with E-state index in [-0.39, 0.29) is 5.03 Å². The molecule has 0 bridgehead atoms. The van der Waals surface area contributed by atoms with Crippen LogP contribution >= 0.6 is 11.3 Å². The molecule has 0 atom stereocenters. The van der Waals surface area contributed by atoms with Crippen molar-refractivity contribution in [3.63, 3.8) is 0 Å². The smallest absolute Gasteiger partial charge is 0.259 e. The fourth-order valence-electron chi connectivity index (χ4n) is 1.54. The van der Waals surface area contributed by atoms with Gasteiger partial charge < -0.3 is 4.57 Å². The zero-order valence-electron chi connectivity index (χ0n) is 10.8. The molecule has 0 saturated heterocycles. The number of hydrogen-bond acceptors (Lipinski definition) is 5. The van der Waals surface area contributed by atoms with Crippen LogP contribution < -0.4 is 4.72 Å². The molecule has 2 aromatic rings. The molecular formula is C11H16N4O2S2. The normalized spacial score (nSPS) is 11.9. The Morgan fingerprint density at radius 1 is 1.47 bits per heavy atom. The van der Waals surface area contributed by atoms with Gasteiger partial charge in [0.1, 0.15) is 0 Å². The number of imidazole rings is 1. The van der Waals surface area contributed by atoms with E-state index in [0.29, 0.717) is 13.0 Å². The van der Waals surface area contributed by atoms with Crippen LogP contribution in [0.2, 0.25) is 0 Å². The summed E-state index contributed by atoms with van der Waals surface area (Å²) >= 11 is 1.60. The number of thiazole rings is 1. The van der Waals surface area contributed by atoms with Crippen molar-refractivity contribution in [3.05, 3.63) is 28.6 Å². The summed E-state index contributed by atoms with van der Waals surface area (Å²) < 4.78 is 27.9. The van der Waals surface area contributed by atoms with Gasteiger partial charge in [0.25, 0.3) is 10.0 Å². The summed E-state index contributed by atoms with van der Waals surface area (Å²) in [5, 5.41) is 3.08. The van der Waals surface area contributed by atoms with Crippen molar-refractivity contribution in [2.75, 3.05) is 6.54 Å². The minimum atomic E-state index is -3.51. The van der Waals surface area contributed by atoms with E-state index < -0.39 is 10.0 Å². The van der Waals surface area contributed by atoms with Gasteiger partial charge in [0, 0.05) is 31.6 Å². The largest absolute Gasteiger partial charge is 0.339 e. The van der Waals surface area contributed by atoms with E-state index in [2.05, 4.69) is 14.7 Å². The summed E-state index contributed by atoms with van der Waals surface area (Å²) in [5.74, 6) is 0. The molecule has 2 aromatic heterocycles. The van der Waals surface area contributed by atoms with Gasteiger partial charge in [0.15, 0.2) is 5.03 Å². The summed E-state index contributed by atoms with van der Waals surface area (Å²) in [4.78, 5) is 8.22. The molecule has 0 radical (unpaired) electrons. The van der Waals surface area contributed by atoms with Crippen molar-refractivity contribution in [2.24, 2.45) is 7.05 Å². The van der Waals surface area contributed by atoms with Crippen LogP contribution in [0.1, 0.15) is 17.6 Å². The van der Waals surface area contributed by atoms with Crippen LogP contribution in [-0.4, -0.2) is 29.5 Å². The maximum atomic E-state index is 11.9. The van der Waals surface area contributed by atoms with E-state index in [1.54, 1.807) is 23.0 Å². The maximum absolute atomic E-state index is 11.9. The van der Waals surface area contributed by atoms with Gasteiger partial charge in [-0.1, -0.05) is 6.92 Å². The lowest BCUT2D eigenvalue weighted by Gasteiger charge is -2.02. The van der Waals surface area contributed by atoms with Crippen LogP contribution in [-0.2, 0) is 29.9 Å². The highest BCUT2D eigenvalue weighted by molar-refractivity contribution is 7.89. The molecule has 1 N–H and O–H groups in total. The Kier molecular flexibility index (Phi) is 4.33. The number of hydrogen-bond donors (Lipinski definition) is 1. The molecule has 19 heavy (non-hydrogen) atoms. The number of aryl methyl sites for hydroxylation is 2. The van der Waals surface area contributed by atoms with Crippen LogP contribution in [0.4, 0.5) is 0 Å². The zero-order valence-corrected chi connectivity index (χ0v) is 12.5. The predicted molar refractivity (Wildman–Crippen MR) is 73.6 cm³/mol. The Hall–Kier alpha value is -1.25. The second-order valence-electron chi connectivity index (χ2n) is 4.11. The van der Waals surface area contributed by atoms with Gasteiger partial charge in [-0.2, -0.15) is 0 Å². The number of aromatic nitrogens is 3. The van der Waals surface area contributed by atoms with E-state index in [4.69, 9.17) is 0 Å². The number of sulfonamides is 1. The quantitative estimate of drug-likeness (QED) is 0.862. The molecule has 0 aliphatic rings. The summed E-state index contributed by atoms with van der Waals surface area (Å²) in [5.41, 5.74) is 0.922. The highest BCUT2D eigenvalue weighted by Crippen LogP contribution is 2.10. The van der Waals surface area contributed by atoms with E-state index >= 15 is 0 Å². The third-order valence-corrected chi connectivity index (χ3v) is 4.92. The van der Waals surface area contributed by atoms with Gasteiger partial charge in [-0.15, -0.1) is 11.3 Å². The first-order valence-electron chi connectivity index (χ1n) is 5.92. The molecule has 2 rings (SSSR count). The summed E-state index contributed by atoms with van der Waals surface area (Å²) in [6.07, 6.45) is 4.43. The van der Waals surface area contributed by atoms with Crippen molar-refractivity contribution in [3.8, 4) is 0 Å². The van der Waals surface area contributed by atoms with Crippen LogP contribution in [0.3, 0.4) is 0 Å². The van der Waals surface area contributed by atoms with Crippen molar-refractivity contribution < 1.29 is 8.42 Å². The van der Waals surface area contributed by atoms with Gasteiger partial charge in [-0.25, -0.2) is 23.1 Å². The van der Waals surface area contributed by atoms with Crippen molar-refractivity contribution >= 4 is 21.4 Å². The Labute approximate surface area is 116 Å². The number of nitrogens with one attached hydrogen (secondary N) is 1. The molecule has 0 saturated carbocycles. The lowest BCUT2D eigenvalue weighted by molar-refractivity contribution is 0.578. The fourth-order valence-corrected chi connectivity index (χ4v) is 3.33. The average molecular weight is 300 g/mol. The van der Waals surface area contributed by atoms with Gasteiger partial charge in [-0.3, -0.25) is 0 Å². The van der Waals surface area contributed by atoms with E-state index in [9.17, 15) is 8.42 Å². The Morgan fingerprint density at radius 3 is 2.84 bits per heavy atom. The maximum Gasteiger partial charge on any atom is 0.259 e. The lowest BCUT2D eigenvalue weighted by atomic mass is 10.3. The highest BCUT2D eigenvalue weighted by Gasteiger charge is 2.16. The fraction of sp³-hybridized carbons (Fsp3) is 0.455. The Bertz CT molecular complexity index is 645. The number of rotatable bonds is 6. The summed E-state index contributed by atoms with van der Waals surface area (Å²) in [6.45, 7) is 2.37. The molecule has 8 heteroatoms. The van der Waals surface area contributed by atoms with Crippen molar-refractivity contribution in [2.45, 2.75) is 24.8 Å². The average Bonchev–Trinajstić information content (AvgIpc) is 2.98. The Morgan fingerprint density at radius 2 is 2.26 bits per heavy atom. The molecule has 0 fully saturated rings. The molecule has 6 nitrogen and oxygen atoms in total. The van der Waals surface area contributed by atoms with Gasteiger partial charge in [0.05, 0.1) is 17.0 Å². The monoisotopic (exact) mass is 300 g/mol. The van der Waals surface area contributed by atoms with E-state index in [0.717, 1.165) is 17.1 Å². The standard InChI is InChI=1S/C11H16N4O2S2/c1-3-10-14-9(7-18-10)4-5-13-19(16,17)11-6-15(2)8-12-11/h6-8,13H,3-5H2,1-2H3. The highest BCUT2D eigenvalue weighted by atomic mass is 32.2.